The summed E-state index contributed by atoms with van der Waals surface area (Å²) < 4.78 is 24.1. The molecule has 78 valence electrons. The number of carbonyl (C=O) groups excluding carboxylic acids is 2. The fourth-order valence-electron chi connectivity index (χ4n) is 0.954. The van der Waals surface area contributed by atoms with E-state index in [0.717, 1.165) is 0 Å². The highest BCUT2D eigenvalue weighted by molar-refractivity contribution is 7.94. The maximum atomic E-state index is 11.2. The molecule has 0 bridgehead atoms. The first-order chi connectivity index (χ1) is 6.33. The molecule has 1 aliphatic rings. The van der Waals surface area contributed by atoms with Crippen molar-refractivity contribution in [2.45, 2.75) is 13.3 Å². The number of nitrogens with one attached hydrogen (secondary N) is 2. The van der Waals surface area contributed by atoms with Crippen molar-refractivity contribution >= 4 is 22.0 Å². The van der Waals surface area contributed by atoms with E-state index >= 15 is 0 Å². The van der Waals surface area contributed by atoms with Gasteiger partial charge in [0.25, 0.3) is 10.0 Å². The summed E-state index contributed by atoms with van der Waals surface area (Å²) >= 11 is 0. The molecule has 7 nitrogen and oxygen atoms in total. The number of amides is 3. The van der Waals surface area contributed by atoms with Crippen molar-refractivity contribution in [3.63, 3.8) is 0 Å². The van der Waals surface area contributed by atoms with Crippen LogP contribution >= 0.6 is 0 Å². The van der Waals surface area contributed by atoms with E-state index in [1.807, 2.05) is 0 Å². The third-order valence-corrected chi connectivity index (χ3v) is 3.18. The van der Waals surface area contributed by atoms with Crippen LogP contribution in [0.5, 0.6) is 0 Å². The summed E-state index contributed by atoms with van der Waals surface area (Å²) in [5.41, 5.74) is 4.89. The normalized spacial score (nSPS) is 19.9. The number of rotatable bonds is 2. The second-order valence-electron chi connectivity index (χ2n) is 2.74. The van der Waals surface area contributed by atoms with Crippen molar-refractivity contribution in [2.75, 3.05) is 0 Å². The molecule has 4 N–H and O–H groups in total. The first kappa shape index (κ1) is 10.5. The van der Waals surface area contributed by atoms with Gasteiger partial charge in [-0.05, 0) is 6.92 Å². The summed E-state index contributed by atoms with van der Waals surface area (Å²) in [6.45, 7) is 1.28. The van der Waals surface area contributed by atoms with Crippen LogP contribution in [0.2, 0.25) is 0 Å². The largest absolute Gasteiger partial charge is 0.369 e. The van der Waals surface area contributed by atoms with Crippen LogP contribution in [0.3, 0.4) is 0 Å². The zero-order valence-electron chi connectivity index (χ0n) is 7.33. The molecule has 1 rings (SSSR count). The summed E-state index contributed by atoms with van der Waals surface area (Å²) in [5.74, 6) is -0.711. The molecule has 3 amide bonds. The van der Waals surface area contributed by atoms with Gasteiger partial charge in [-0.25, -0.2) is 17.9 Å². The van der Waals surface area contributed by atoms with Gasteiger partial charge in [-0.15, -0.1) is 0 Å². The van der Waals surface area contributed by atoms with Gasteiger partial charge in [0.15, 0.2) is 0 Å². The lowest BCUT2D eigenvalue weighted by atomic mass is 10.3. The molecule has 0 atom stereocenters. The Kier molecular flexibility index (Phi) is 2.47. The summed E-state index contributed by atoms with van der Waals surface area (Å²) in [5, 5.41) is 2.20. The van der Waals surface area contributed by atoms with Gasteiger partial charge in [-0.3, -0.25) is 4.79 Å². The van der Waals surface area contributed by atoms with Crippen molar-refractivity contribution in [3.8, 4) is 0 Å². The van der Waals surface area contributed by atoms with Crippen molar-refractivity contribution in [2.24, 2.45) is 5.73 Å². The maximum absolute atomic E-state index is 11.2. The SMILES string of the molecule is CC1=C(CC(N)=O)NC(=O)NS1(=O)=O. The Morgan fingerprint density at radius 3 is 2.57 bits per heavy atom. The van der Waals surface area contributed by atoms with E-state index in [0.29, 0.717) is 0 Å². The Hall–Kier alpha value is -1.57. The van der Waals surface area contributed by atoms with Gasteiger partial charge in [0.2, 0.25) is 5.91 Å². The monoisotopic (exact) mass is 219 g/mol. The Morgan fingerprint density at radius 2 is 2.07 bits per heavy atom. The summed E-state index contributed by atoms with van der Waals surface area (Å²) in [7, 11) is -3.80. The third-order valence-electron chi connectivity index (χ3n) is 1.67. The van der Waals surface area contributed by atoms with Crippen molar-refractivity contribution in [3.05, 3.63) is 10.6 Å². The standard InChI is InChI=1S/C6H9N3O4S/c1-3-4(2-5(7)10)8-6(11)9-14(3,12)13/h2H2,1H3,(H2,7,10)(H2,8,9,11). The van der Waals surface area contributed by atoms with Crippen LogP contribution in [-0.2, 0) is 14.8 Å². The molecular weight excluding hydrogens is 210 g/mol. The first-order valence-corrected chi connectivity index (χ1v) is 5.13. The number of primary amides is 1. The first-order valence-electron chi connectivity index (χ1n) is 3.65. The zero-order chi connectivity index (χ0) is 10.9. The highest BCUT2D eigenvalue weighted by Crippen LogP contribution is 2.14. The average molecular weight is 219 g/mol. The lowest BCUT2D eigenvalue weighted by molar-refractivity contribution is -0.117. The van der Waals surface area contributed by atoms with Gasteiger partial charge >= 0.3 is 6.03 Å². The van der Waals surface area contributed by atoms with E-state index in [2.05, 4.69) is 5.32 Å². The van der Waals surface area contributed by atoms with Gasteiger partial charge in [0, 0.05) is 5.70 Å². The van der Waals surface area contributed by atoms with Crippen LogP contribution in [0.1, 0.15) is 13.3 Å². The van der Waals surface area contributed by atoms with Crippen LogP contribution in [0, 0.1) is 0 Å². The van der Waals surface area contributed by atoms with Crippen LogP contribution in [0.25, 0.3) is 0 Å². The average Bonchev–Trinajstić information content (AvgIpc) is 1.97. The molecule has 0 aromatic rings. The maximum Gasteiger partial charge on any atom is 0.332 e. The Labute approximate surface area is 80.4 Å². The van der Waals surface area contributed by atoms with Crippen molar-refractivity contribution < 1.29 is 18.0 Å². The Balaban J connectivity index is 3.13. The fourth-order valence-corrected chi connectivity index (χ4v) is 1.85. The molecule has 0 aromatic heterocycles. The highest BCUT2D eigenvalue weighted by Gasteiger charge is 2.27. The molecule has 0 aromatic carbocycles. The van der Waals surface area contributed by atoms with E-state index < -0.39 is 22.0 Å². The van der Waals surface area contributed by atoms with Gasteiger partial charge < -0.3 is 11.1 Å². The molecule has 14 heavy (non-hydrogen) atoms. The number of nitrogens with two attached hydrogens (primary N) is 1. The molecule has 1 aliphatic heterocycles. The number of carbonyl (C=O) groups is 2. The number of urea groups is 1. The van der Waals surface area contributed by atoms with Gasteiger partial charge in [-0.2, -0.15) is 0 Å². The zero-order valence-corrected chi connectivity index (χ0v) is 8.14. The smallest absolute Gasteiger partial charge is 0.332 e. The quantitative estimate of drug-likeness (QED) is 0.536. The van der Waals surface area contributed by atoms with E-state index in [1.165, 1.54) is 6.92 Å². The van der Waals surface area contributed by atoms with Crippen molar-refractivity contribution in [1.82, 2.24) is 10.0 Å². The molecular formula is C6H9N3O4S. The minimum Gasteiger partial charge on any atom is -0.369 e. The summed E-state index contributed by atoms with van der Waals surface area (Å²) in [6, 6.07) is -0.883. The predicted molar refractivity (Wildman–Crippen MR) is 47.1 cm³/mol. The van der Waals surface area contributed by atoms with Crippen LogP contribution in [0.15, 0.2) is 10.6 Å². The fraction of sp³-hybridized carbons (Fsp3) is 0.333. The third kappa shape index (κ3) is 2.02. The second kappa shape index (κ2) is 3.29. The molecule has 0 saturated carbocycles. The van der Waals surface area contributed by atoms with Gasteiger partial charge in [0.1, 0.15) is 0 Å². The lowest BCUT2D eigenvalue weighted by Gasteiger charge is -2.18. The Morgan fingerprint density at radius 1 is 1.50 bits per heavy atom. The molecule has 0 radical (unpaired) electrons. The van der Waals surface area contributed by atoms with E-state index in [1.54, 1.807) is 4.72 Å². The molecule has 0 saturated heterocycles. The molecule has 0 aliphatic carbocycles. The van der Waals surface area contributed by atoms with E-state index in [9.17, 15) is 18.0 Å². The predicted octanol–water partition coefficient (Wildman–Crippen LogP) is -1.26. The Bertz CT molecular complexity index is 422. The number of allylic oxidation sites excluding steroid dienone is 1. The van der Waals surface area contributed by atoms with E-state index in [-0.39, 0.29) is 17.0 Å². The number of hydrogen-bond acceptors (Lipinski definition) is 4. The van der Waals surface area contributed by atoms with Crippen LogP contribution < -0.4 is 15.8 Å². The number of hydrogen-bond donors (Lipinski definition) is 3. The molecule has 0 fully saturated rings. The summed E-state index contributed by atoms with van der Waals surface area (Å²) in [6.07, 6.45) is -0.307. The number of sulfonamides is 1. The van der Waals surface area contributed by atoms with Crippen LogP contribution in [0.4, 0.5) is 4.79 Å². The molecule has 0 unspecified atom stereocenters. The minimum atomic E-state index is -3.80. The van der Waals surface area contributed by atoms with Crippen LogP contribution in [-0.4, -0.2) is 20.4 Å². The van der Waals surface area contributed by atoms with Gasteiger partial charge in [0.05, 0.1) is 11.3 Å². The topological polar surface area (TPSA) is 118 Å². The molecule has 1 heterocycles. The van der Waals surface area contributed by atoms with E-state index in [4.69, 9.17) is 5.73 Å². The lowest BCUT2D eigenvalue weighted by Crippen LogP contribution is -2.45. The van der Waals surface area contributed by atoms with Gasteiger partial charge in [-0.1, -0.05) is 0 Å². The second-order valence-corrected chi connectivity index (χ2v) is 4.56. The molecule has 0 spiro atoms. The molecule has 8 heteroatoms. The van der Waals surface area contributed by atoms with Crippen molar-refractivity contribution in [1.29, 1.82) is 0 Å². The minimum absolute atomic E-state index is 0.0150. The highest BCUT2D eigenvalue weighted by atomic mass is 32.2. The summed E-state index contributed by atoms with van der Waals surface area (Å²) in [4.78, 5) is 21.3.